The summed E-state index contributed by atoms with van der Waals surface area (Å²) in [7, 11) is 0. The van der Waals surface area contributed by atoms with Gasteiger partial charge < -0.3 is 4.74 Å². The number of ether oxygens (including phenoxy) is 1. The van der Waals surface area contributed by atoms with Crippen LogP contribution in [0, 0.1) is 6.57 Å². The molecule has 5 heteroatoms. The molecule has 9 aromatic rings. The van der Waals surface area contributed by atoms with Gasteiger partial charge in [0.05, 0.1) is 6.57 Å². The van der Waals surface area contributed by atoms with Crippen LogP contribution in [0.5, 0.6) is 5.75 Å². The maximum absolute atomic E-state index is 7.85. The van der Waals surface area contributed by atoms with Crippen molar-refractivity contribution in [1.29, 1.82) is 0 Å². The highest BCUT2D eigenvalue weighted by Crippen LogP contribution is 2.53. The first kappa shape index (κ1) is 32.9. The van der Waals surface area contributed by atoms with Crippen molar-refractivity contribution in [2.45, 2.75) is 5.60 Å². The monoisotopic (exact) mass is 716 g/mol. The zero-order valence-electron chi connectivity index (χ0n) is 30.2. The molecule has 1 aliphatic rings. The first-order valence-electron chi connectivity index (χ1n) is 18.5. The molecule has 0 bridgehead atoms. The Morgan fingerprint density at radius 3 is 1.66 bits per heavy atom. The zero-order valence-corrected chi connectivity index (χ0v) is 30.2. The molecule has 1 aromatic heterocycles. The molecule has 0 N–H and O–H groups in total. The van der Waals surface area contributed by atoms with Crippen LogP contribution in [0.4, 0.5) is 5.69 Å². The largest absolute Gasteiger partial charge is 0.472 e. The number of rotatable bonds is 6. The fourth-order valence-electron chi connectivity index (χ4n) is 7.82. The van der Waals surface area contributed by atoms with Gasteiger partial charge in [0.1, 0.15) is 5.75 Å². The summed E-state index contributed by atoms with van der Waals surface area (Å²) < 4.78 is 7.32. The summed E-state index contributed by atoms with van der Waals surface area (Å²) in [6.45, 7) is 7.85. The standard InChI is InChI=1S/C51H32N4O/c1-52-43-27-29-46-45(33-43)44-28-26-38(32-47(44)56-51(46,41-20-7-3-8-21-41)42-22-9-4-10-23-42)37-18-13-19-39(31-37)49-53-48(35-15-5-2-6-16-35)54-50(55-49)40-25-24-34-14-11-12-17-36(34)30-40/h2-33H. The predicted molar refractivity (Wildman–Crippen MR) is 224 cm³/mol. The summed E-state index contributed by atoms with van der Waals surface area (Å²) in [5.41, 5.74) is 9.27. The van der Waals surface area contributed by atoms with Crippen LogP contribution in [-0.4, -0.2) is 15.0 Å². The lowest BCUT2D eigenvalue weighted by molar-refractivity contribution is 0.152. The van der Waals surface area contributed by atoms with Crippen LogP contribution in [0.25, 0.3) is 72.0 Å². The third kappa shape index (κ3) is 5.69. The van der Waals surface area contributed by atoms with Gasteiger partial charge in [-0.2, -0.15) is 0 Å². The Morgan fingerprint density at radius 1 is 0.411 bits per heavy atom. The van der Waals surface area contributed by atoms with E-state index in [1.165, 1.54) is 0 Å². The fraction of sp³-hybridized carbons (Fsp3) is 0.0196. The molecule has 56 heavy (non-hydrogen) atoms. The summed E-state index contributed by atoms with van der Waals surface area (Å²) in [6.07, 6.45) is 0. The van der Waals surface area contributed by atoms with Gasteiger partial charge >= 0.3 is 0 Å². The average Bonchev–Trinajstić information content (AvgIpc) is 3.29. The molecule has 5 nitrogen and oxygen atoms in total. The van der Waals surface area contributed by atoms with E-state index in [9.17, 15) is 0 Å². The Kier molecular flexibility index (Phi) is 8.01. The summed E-state index contributed by atoms with van der Waals surface area (Å²) in [6, 6.07) is 65.9. The molecule has 0 saturated carbocycles. The maximum atomic E-state index is 7.85. The lowest BCUT2D eigenvalue weighted by Gasteiger charge is -2.41. The molecular formula is C51H32N4O. The van der Waals surface area contributed by atoms with Gasteiger partial charge in [0.2, 0.25) is 0 Å². The molecule has 0 saturated heterocycles. The fourth-order valence-corrected chi connectivity index (χ4v) is 7.82. The van der Waals surface area contributed by atoms with Crippen molar-refractivity contribution in [2.24, 2.45) is 0 Å². The number of nitrogens with zero attached hydrogens (tertiary/aromatic N) is 4. The minimum absolute atomic E-state index is 0.582. The van der Waals surface area contributed by atoms with Gasteiger partial charge in [-0.25, -0.2) is 19.8 Å². The molecule has 0 amide bonds. The Bertz CT molecular complexity index is 2920. The van der Waals surface area contributed by atoms with Crippen molar-refractivity contribution in [3.05, 3.63) is 222 Å². The molecule has 8 aromatic carbocycles. The molecule has 1 aliphatic heterocycles. The number of hydrogen-bond donors (Lipinski definition) is 0. The van der Waals surface area contributed by atoms with E-state index in [0.29, 0.717) is 23.2 Å². The van der Waals surface area contributed by atoms with Gasteiger partial charge in [0.15, 0.2) is 28.8 Å². The zero-order chi connectivity index (χ0) is 37.5. The Hall–Kier alpha value is -7.68. The SMILES string of the molecule is [C-]#[N+]c1ccc2c(c1)-c1ccc(-c3cccc(-c4nc(-c5ccccc5)nc(-c5ccc6ccccc6c5)n4)c3)cc1OC2(c1ccccc1)c1ccccc1. The summed E-state index contributed by atoms with van der Waals surface area (Å²) in [5.74, 6) is 2.55. The third-order valence-electron chi connectivity index (χ3n) is 10.5. The minimum atomic E-state index is -0.941. The van der Waals surface area contributed by atoms with E-state index in [1.807, 2.05) is 109 Å². The lowest BCUT2D eigenvalue weighted by atomic mass is 9.75. The van der Waals surface area contributed by atoms with Crippen molar-refractivity contribution in [3.8, 4) is 62.2 Å². The molecule has 262 valence electrons. The van der Waals surface area contributed by atoms with Crippen LogP contribution in [0.15, 0.2) is 194 Å². The van der Waals surface area contributed by atoms with Crippen LogP contribution >= 0.6 is 0 Å². The van der Waals surface area contributed by atoms with Gasteiger partial charge in [0, 0.05) is 38.9 Å². The normalized spacial score (nSPS) is 12.6. The van der Waals surface area contributed by atoms with E-state index >= 15 is 0 Å². The summed E-state index contributed by atoms with van der Waals surface area (Å²) >= 11 is 0. The number of benzene rings is 8. The Labute approximate surface area is 325 Å². The summed E-state index contributed by atoms with van der Waals surface area (Å²) in [5, 5.41) is 2.29. The van der Waals surface area contributed by atoms with Crippen LogP contribution in [-0.2, 0) is 5.60 Å². The van der Waals surface area contributed by atoms with Crippen molar-refractivity contribution >= 4 is 16.5 Å². The topological polar surface area (TPSA) is 52.3 Å². The molecule has 0 spiro atoms. The van der Waals surface area contributed by atoms with E-state index in [1.54, 1.807) is 0 Å². The van der Waals surface area contributed by atoms with Gasteiger partial charge in [-0.05, 0) is 51.7 Å². The van der Waals surface area contributed by atoms with Crippen LogP contribution in [0.1, 0.15) is 16.7 Å². The Balaban J connectivity index is 1.11. The molecule has 0 aliphatic carbocycles. The van der Waals surface area contributed by atoms with Crippen LogP contribution in [0.3, 0.4) is 0 Å². The third-order valence-corrected chi connectivity index (χ3v) is 10.5. The molecule has 0 fully saturated rings. The van der Waals surface area contributed by atoms with E-state index in [2.05, 4.69) is 89.8 Å². The first-order chi connectivity index (χ1) is 27.7. The highest BCUT2D eigenvalue weighted by atomic mass is 16.5. The molecule has 10 rings (SSSR count). The van der Waals surface area contributed by atoms with Gasteiger partial charge in [-0.1, -0.05) is 170 Å². The number of hydrogen-bond acceptors (Lipinski definition) is 4. The van der Waals surface area contributed by atoms with Crippen molar-refractivity contribution in [1.82, 2.24) is 15.0 Å². The number of fused-ring (bicyclic) bond motifs is 4. The van der Waals surface area contributed by atoms with Crippen molar-refractivity contribution in [3.63, 3.8) is 0 Å². The quantitative estimate of drug-likeness (QED) is 0.161. The molecule has 2 heterocycles. The molecule has 0 radical (unpaired) electrons. The van der Waals surface area contributed by atoms with Crippen molar-refractivity contribution < 1.29 is 4.74 Å². The second kappa shape index (κ2) is 13.6. The summed E-state index contributed by atoms with van der Waals surface area (Å²) in [4.78, 5) is 18.9. The predicted octanol–water partition coefficient (Wildman–Crippen LogP) is 12.6. The molecule has 0 atom stereocenters. The lowest BCUT2D eigenvalue weighted by Crippen LogP contribution is -2.38. The second-order valence-corrected chi connectivity index (χ2v) is 13.9. The minimum Gasteiger partial charge on any atom is -0.472 e. The smallest absolute Gasteiger partial charge is 0.187 e. The number of aromatic nitrogens is 3. The maximum Gasteiger partial charge on any atom is 0.187 e. The van der Waals surface area contributed by atoms with E-state index in [-0.39, 0.29) is 0 Å². The van der Waals surface area contributed by atoms with Gasteiger partial charge in [-0.3, -0.25) is 0 Å². The van der Waals surface area contributed by atoms with Gasteiger partial charge in [-0.15, -0.1) is 0 Å². The molecular weight excluding hydrogens is 685 g/mol. The second-order valence-electron chi connectivity index (χ2n) is 13.9. The Morgan fingerprint density at radius 2 is 0.964 bits per heavy atom. The van der Waals surface area contributed by atoms with E-state index in [4.69, 9.17) is 26.3 Å². The van der Waals surface area contributed by atoms with Gasteiger partial charge in [0.25, 0.3) is 0 Å². The van der Waals surface area contributed by atoms with Crippen LogP contribution < -0.4 is 4.74 Å². The van der Waals surface area contributed by atoms with E-state index in [0.717, 1.165) is 72.2 Å². The molecule has 0 unspecified atom stereocenters. The highest BCUT2D eigenvalue weighted by Gasteiger charge is 2.44. The average molecular weight is 717 g/mol. The first-order valence-corrected chi connectivity index (χ1v) is 18.5. The van der Waals surface area contributed by atoms with Crippen molar-refractivity contribution in [2.75, 3.05) is 0 Å². The highest BCUT2D eigenvalue weighted by molar-refractivity contribution is 5.87. The van der Waals surface area contributed by atoms with E-state index < -0.39 is 5.60 Å². The van der Waals surface area contributed by atoms with Crippen LogP contribution in [0.2, 0.25) is 0 Å².